The minimum absolute atomic E-state index is 0.0314. The van der Waals surface area contributed by atoms with Gasteiger partial charge in [-0.3, -0.25) is 4.79 Å². The van der Waals surface area contributed by atoms with Crippen molar-refractivity contribution in [2.75, 3.05) is 6.61 Å². The highest BCUT2D eigenvalue weighted by Crippen LogP contribution is 2.37. The Labute approximate surface area is 202 Å². The zero-order valence-electron chi connectivity index (χ0n) is 21.2. The van der Waals surface area contributed by atoms with Crippen LogP contribution < -0.4 is 10.4 Å². The Morgan fingerprint density at radius 3 is 1.94 bits per heavy atom. The number of carbonyl (C=O) groups is 1. The van der Waals surface area contributed by atoms with Gasteiger partial charge in [0.25, 0.3) is 8.32 Å². The molecule has 3 heteroatoms. The molecular formula is C30H40O2Si. The van der Waals surface area contributed by atoms with Crippen molar-refractivity contribution in [3.05, 3.63) is 96.1 Å². The van der Waals surface area contributed by atoms with E-state index in [4.69, 9.17) is 4.43 Å². The third-order valence-corrected chi connectivity index (χ3v) is 11.0. The first kappa shape index (κ1) is 26.8. The van der Waals surface area contributed by atoms with Crippen LogP contribution in [0.5, 0.6) is 0 Å². The van der Waals surface area contributed by atoms with E-state index in [-0.39, 0.29) is 10.8 Å². The molecule has 0 saturated carbocycles. The normalized spacial score (nSPS) is 13.5. The molecular weight excluding hydrogens is 420 g/mol. The van der Waals surface area contributed by atoms with Gasteiger partial charge in [0.05, 0.1) is 6.61 Å². The Bertz CT molecular complexity index is 924. The second kappa shape index (κ2) is 12.7. The number of unbranched alkanes of at least 4 members (excludes halogenated alkanes) is 1. The Morgan fingerprint density at radius 2 is 1.48 bits per heavy atom. The lowest BCUT2D eigenvalue weighted by atomic mass is 10.1. The molecule has 0 bridgehead atoms. The van der Waals surface area contributed by atoms with Crippen LogP contribution in [-0.2, 0) is 9.22 Å². The van der Waals surface area contributed by atoms with Crippen LogP contribution in [0.2, 0.25) is 5.04 Å². The van der Waals surface area contributed by atoms with E-state index in [1.807, 2.05) is 6.08 Å². The van der Waals surface area contributed by atoms with Gasteiger partial charge < -0.3 is 4.43 Å². The fourth-order valence-electron chi connectivity index (χ4n) is 4.30. The minimum atomic E-state index is -2.54. The summed E-state index contributed by atoms with van der Waals surface area (Å²) < 4.78 is 7.07. The van der Waals surface area contributed by atoms with Gasteiger partial charge in [-0.15, -0.1) is 0 Å². The van der Waals surface area contributed by atoms with E-state index in [0.717, 1.165) is 19.3 Å². The third kappa shape index (κ3) is 7.51. The number of hydrogen-bond donors (Lipinski definition) is 0. The third-order valence-electron chi connectivity index (χ3n) is 5.97. The SMILES string of the molecule is C/C=C(/C=C(/C)CCC/C=C/C(C)=O)CO[Si](c1ccccc1)(c1ccccc1)C(C)(C)C. The van der Waals surface area contributed by atoms with Crippen molar-refractivity contribution in [3.63, 3.8) is 0 Å². The van der Waals surface area contributed by atoms with Crippen LogP contribution >= 0.6 is 0 Å². The molecule has 0 saturated heterocycles. The van der Waals surface area contributed by atoms with Crippen molar-refractivity contribution in [1.82, 2.24) is 0 Å². The summed E-state index contributed by atoms with van der Waals surface area (Å²) in [5, 5.41) is 2.57. The predicted octanol–water partition coefficient (Wildman–Crippen LogP) is 6.77. The molecule has 0 amide bonds. The van der Waals surface area contributed by atoms with E-state index in [2.05, 4.69) is 107 Å². The van der Waals surface area contributed by atoms with Crippen LogP contribution in [-0.4, -0.2) is 20.7 Å². The second-order valence-electron chi connectivity index (χ2n) is 9.71. The molecule has 0 atom stereocenters. The molecule has 0 spiro atoms. The number of carbonyl (C=O) groups excluding carboxylic acids is 1. The molecule has 33 heavy (non-hydrogen) atoms. The molecule has 2 rings (SSSR count). The van der Waals surface area contributed by atoms with Gasteiger partial charge in [0.15, 0.2) is 5.78 Å². The second-order valence-corrected chi connectivity index (χ2v) is 14.0. The molecule has 2 aromatic rings. The zero-order valence-corrected chi connectivity index (χ0v) is 22.2. The molecule has 0 radical (unpaired) electrons. The fraction of sp³-hybridized carbons (Fsp3) is 0.367. The molecule has 0 aromatic heterocycles. The van der Waals surface area contributed by atoms with Crippen LogP contribution in [0, 0.1) is 0 Å². The van der Waals surface area contributed by atoms with Crippen molar-refractivity contribution < 1.29 is 9.22 Å². The quantitative estimate of drug-likeness (QED) is 0.160. The van der Waals surface area contributed by atoms with Gasteiger partial charge in [-0.2, -0.15) is 0 Å². The van der Waals surface area contributed by atoms with E-state index < -0.39 is 8.32 Å². The van der Waals surface area contributed by atoms with Gasteiger partial charge in [0.2, 0.25) is 0 Å². The Hall–Kier alpha value is -2.49. The lowest BCUT2D eigenvalue weighted by Gasteiger charge is -2.43. The summed E-state index contributed by atoms with van der Waals surface area (Å²) in [4.78, 5) is 11.0. The van der Waals surface area contributed by atoms with Crippen LogP contribution in [0.4, 0.5) is 0 Å². The highest BCUT2D eigenvalue weighted by Gasteiger charge is 2.50. The number of rotatable bonds is 11. The first-order chi connectivity index (χ1) is 15.7. The molecule has 2 nitrogen and oxygen atoms in total. The lowest BCUT2D eigenvalue weighted by molar-refractivity contribution is -0.112. The molecule has 0 aliphatic rings. The molecule has 0 unspecified atom stereocenters. The van der Waals surface area contributed by atoms with Crippen molar-refractivity contribution in [2.24, 2.45) is 0 Å². The zero-order chi connectivity index (χ0) is 24.3. The first-order valence-corrected chi connectivity index (χ1v) is 13.9. The van der Waals surface area contributed by atoms with Gasteiger partial charge in [0, 0.05) is 0 Å². The summed E-state index contributed by atoms with van der Waals surface area (Å²) in [7, 11) is -2.54. The summed E-state index contributed by atoms with van der Waals surface area (Å²) in [6.07, 6.45) is 11.0. The van der Waals surface area contributed by atoms with Crippen molar-refractivity contribution in [1.29, 1.82) is 0 Å². The molecule has 0 aliphatic carbocycles. The maximum absolute atomic E-state index is 11.0. The highest BCUT2D eigenvalue weighted by molar-refractivity contribution is 6.99. The topological polar surface area (TPSA) is 26.3 Å². The average Bonchev–Trinajstić information content (AvgIpc) is 2.78. The van der Waals surface area contributed by atoms with Crippen molar-refractivity contribution in [2.45, 2.75) is 65.8 Å². The van der Waals surface area contributed by atoms with Crippen molar-refractivity contribution >= 4 is 24.5 Å². The van der Waals surface area contributed by atoms with E-state index in [9.17, 15) is 4.79 Å². The van der Waals surface area contributed by atoms with E-state index in [1.54, 1.807) is 13.0 Å². The van der Waals surface area contributed by atoms with Gasteiger partial charge in [-0.25, -0.2) is 0 Å². The fourth-order valence-corrected chi connectivity index (χ4v) is 8.84. The smallest absolute Gasteiger partial charge is 0.261 e. The summed E-state index contributed by atoms with van der Waals surface area (Å²) in [5.74, 6) is 0.110. The molecule has 0 heterocycles. The highest BCUT2D eigenvalue weighted by atomic mass is 28.4. The largest absolute Gasteiger partial charge is 0.403 e. The number of ketones is 1. The average molecular weight is 461 g/mol. The number of allylic oxidation sites excluding steroid dienone is 4. The Balaban J connectivity index is 2.27. The molecule has 0 fully saturated rings. The Kier molecular flexibility index (Phi) is 10.3. The number of benzene rings is 2. The van der Waals surface area contributed by atoms with E-state index in [1.165, 1.54) is 21.5 Å². The predicted molar refractivity (Wildman–Crippen MR) is 145 cm³/mol. The molecule has 176 valence electrons. The van der Waals surface area contributed by atoms with Crippen LogP contribution in [0.25, 0.3) is 0 Å². The molecule has 2 aromatic carbocycles. The molecule has 0 aliphatic heterocycles. The van der Waals surface area contributed by atoms with E-state index >= 15 is 0 Å². The monoisotopic (exact) mass is 460 g/mol. The van der Waals surface area contributed by atoms with Gasteiger partial charge in [-0.05, 0) is 67.1 Å². The van der Waals surface area contributed by atoms with Gasteiger partial charge in [0.1, 0.15) is 0 Å². The number of hydrogen-bond acceptors (Lipinski definition) is 2. The maximum atomic E-state index is 11.0. The standard InChI is InChI=1S/C30H40O2Si/c1-7-27(23-25(2)17-11-8-12-18-26(3)31)24-32-33(30(4,5)6,28-19-13-9-14-20-28)29-21-15-10-16-22-29/h7,9-10,12-16,18-23H,8,11,17,24H2,1-6H3/b18-12+,25-23-,27-7-. The maximum Gasteiger partial charge on any atom is 0.261 e. The van der Waals surface area contributed by atoms with Crippen LogP contribution in [0.3, 0.4) is 0 Å². The van der Waals surface area contributed by atoms with Crippen LogP contribution in [0.15, 0.2) is 96.1 Å². The van der Waals surface area contributed by atoms with Gasteiger partial charge >= 0.3 is 0 Å². The van der Waals surface area contributed by atoms with Gasteiger partial charge in [-0.1, -0.05) is 105 Å². The minimum Gasteiger partial charge on any atom is -0.403 e. The summed E-state index contributed by atoms with van der Waals surface area (Å²) in [6.45, 7) is 13.4. The summed E-state index contributed by atoms with van der Waals surface area (Å²) in [5.41, 5.74) is 2.55. The van der Waals surface area contributed by atoms with Crippen molar-refractivity contribution in [3.8, 4) is 0 Å². The summed E-state index contributed by atoms with van der Waals surface area (Å²) >= 11 is 0. The summed E-state index contributed by atoms with van der Waals surface area (Å²) in [6, 6.07) is 21.6. The Morgan fingerprint density at radius 1 is 0.939 bits per heavy atom. The first-order valence-electron chi connectivity index (χ1n) is 11.9. The van der Waals surface area contributed by atoms with Crippen LogP contribution in [0.1, 0.15) is 60.8 Å². The lowest BCUT2D eigenvalue weighted by Crippen LogP contribution is -2.66. The van der Waals surface area contributed by atoms with E-state index in [0.29, 0.717) is 6.61 Å². The molecule has 0 N–H and O–H groups in total.